The second-order valence-electron chi connectivity index (χ2n) is 4.50. The summed E-state index contributed by atoms with van der Waals surface area (Å²) in [6.45, 7) is 6.50. The lowest BCUT2D eigenvalue weighted by atomic mass is 10.2. The van der Waals surface area contributed by atoms with Crippen LogP contribution < -0.4 is 10.1 Å². The molecule has 0 spiro atoms. The molecule has 0 aliphatic rings. The predicted octanol–water partition coefficient (Wildman–Crippen LogP) is 3.84. The van der Waals surface area contributed by atoms with E-state index in [2.05, 4.69) is 17.2 Å². The zero-order chi connectivity index (χ0) is 14.4. The van der Waals surface area contributed by atoms with Gasteiger partial charge in [0.15, 0.2) is 0 Å². The molecular formula is C15H19ClN2OS. The highest BCUT2D eigenvalue weighted by Gasteiger charge is 2.05. The Kier molecular flexibility index (Phi) is 5.83. The number of aryl methyl sites for hydroxylation is 1. The second-order valence-corrected chi connectivity index (χ2v) is 5.85. The maximum absolute atomic E-state index is 6.24. The molecule has 2 aromatic rings. The molecule has 0 saturated heterocycles. The average molecular weight is 311 g/mol. The van der Waals surface area contributed by atoms with E-state index in [1.165, 1.54) is 10.4 Å². The van der Waals surface area contributed by atoms with Gasteiger partial charge < -0.3 is 10.1 Å². The molecule has 2 rings (SSSR count). The van der Waals surface area contributed by atoms with E-state index >= 15 is 0 Å². The lowest BCUT2D eigenvalue weighted by Crippen LogP contribution is -2.11. The average Bonchev–Trinajstić information content (AvgIpc) is 2.84. The van der Waals surface area contributed by atoms with E-state index in [1.807, 2.05) is 30.6 Å². The molecular weight excluding hydrogens is 292 g/mol. The summed E-state index contributed by atoms with van der Waals surface area (Å²) in [6, 6.07) is 5.94. The molecule has 0 aliphatic heterocycles. The van der Waals surface area contributed by atoms with Gasteiger partial charge in [-0.05, 0) is 31.2 Å². The largest absolute Gasteiger partial charge is 0.492 e. The highest BCUT2D eigenvalue weighted by molar-refractivity contribution is 7.09. The van der Waals surface area contributed by atoms with Crippen LogP contribution in [0.1, 0.15) is 23.1 Å². The van der Waals surface area contributed by atoms with Crippen LogP contribution >= 0.6 is 22.9 Å². The zero-order valence-electron chi connectivity index (χ0n) is 11.8. The summed E-state index contributed by atoms with van der Waals surface area (Å²) in [6.07, 6.45) is 0.867. The summed E-state index contributed by atoms with van der Waals surface area (Å²) in [5, 5.41) is 3.94. The predicted molar refractivity (Wildman–Crippen MR) is 84.9 cm³/mol. The normalized spacial score (nSPS) is 10.8. The number of benzene rings is 1. The van der Waals surface area contributed by atoms with E-state index in [0.717, 1.165) is 31.0 Å². The van der Waals surface area contributed by atoms with Crippen LogP contribution in [0, 0.1) is 6.92 Å². The second kappa shape index (κ2) is 7.62. The lowest BCUT2D eigenvalue weighted by Gasteiger charge is -2.09. The molecule has 3 nitrogen and oxygen atoms in total. The smallest absolute Gasteiger partial charge is 0.137 e. The summed E-state index contributed by atoms with van der Waals surface area (Å²) in [7, 11) is 0. The van der Waals surface area contributed by atoms with Crippen molar-refractivity contribution in [2.45, 2.75) is 26.8 Å². The Labute approximate surface area is 129 Å². The zero-order valence-corrected chi connectivity index (χ0v) is 13.4. The van der Waals surface area contributed by atoms with Crippen molar-refractivity contribution < 1.29 is 4.74 Å². The number of rotatable bonds is 7. The third kappa shape index (κ3) is 4.20. The molecule has 5 heteroatoms. The summed E-state index contributed by atoms with van der Waals surface area (Å²) >= 11 is 7.91. The van der Waals surface area contributed by atoms with E-state index < -0.39 is 0 Å². The molecule has 0 bridgehead atoms. The molecule has 20 heavy (non-hydrogen) atoms. The van der Waals surface area contributed by atoms with Crippen molar-refractivity contribution >= 4 is 22.9 Å². The number of aromatic nitrogens is 1. The van der Waals surface area contributed by atoms with Gasteiger partial charge in [0.05, 0.1) is 22.8 Å². The Hall–Kier alpha value is -1.10. The maximum atomic E-state index is 6.24. The molecule has 0 saturated carbocycles. The summed E-state index contributed by atoms with van der Waals surface area (Å²) in [4.78, 5) is 5.50. The molecule has 0 radical (unpaired) electrons. The van der Waals surface area contributed by atoms with Gasteiger partial charge in [-0.1, -0.05) is 24.6 Å². The van der Waals surface area contributed by atoms with E-state index in [1.54, 1.807) is 11.3 Å². The Bertz CT molecular complexity index is 557. The first kappa shape index (κ1) is 15.3. The summed E-state index contributed by atoms with van der Waals surface area (Å²) in [5.41, 5.74) is 4.13. The first-order chi connectivity index (χ1) is 9.70. The fourth-order valence-corrected chi connectivity index (χ4v) is 2.88. The van der Waals surface area contributed by atoms with Crippen molar-refractivity contribution in [2.75, 3.05) is 13.2 Å². The molecule has 1 aromatic carbocycles. The van der Waals surface area contributed by atoms with E-state index in [4.69, 9.17) is 16.3 Å². The van der Waals surface area contributed by atoms with Crippen molar-refractivity contribution in [3.8, 4) is 5.75 Å². The Morgan fingerprint density at radius 1 is 1.40 bits per heavy atom. The molecule has 1 aromatic heterocycles. The number of hydrogen-bond acceptors (Lipinski definition) is 4. The van der Waals surface area contributed by atoms with Gasteiger partial charge in [-0.25, -0.2) is 4.98 Å². The lowest BCUT2D eigenvalue weighted by molar-refractivity contribution is 0.322. The third-order valence-corrected chi connectivity index (χ3v) is 4.30. The molecule has 0 fully saturated rings. The van der Waals surface area contributed by atoms with Gasteiger partial charge in [0, 0.05) is 17.8 Å². The van der Waals surface area contributed by atoms with Gasteiger partial charge in [-0.3, -0.25) is 0 Å². The molecule has 0 amide bonds. The van der Waals surface area contributed by atoms with Crippen LogP contribution in [0.25, 0.3) is 0 Å². The Balaban J connectivity index is 1.88. The number of thiazole rings is 1. The molecule has 1 N–H and O–H groups in total. The van der Waals surface area contributed by atoms with Gasteiger partial charge in [-0.15, -0.1) is 11.3 Å². The van der Waals surface area contributed by atoms with E-state index in [-0.39, 0.29) is 0 Å². The molecule has 0 aliphatic carbocycles. The first-order valence-corrected chi connectivity index (χ1v) is 7.97. The monoisotopic (exact) mass is 310 g/mol. The van der Waals surface area contributed by atoms with Crippen molar-refractivity contribution in [1.82, 2.24) is 10.3 Å². The van der Waals surface area contributed by atoms with Crippen LogP contribution in [0.3, 0.4) is 0 Å². The van der Waals surface area contributed by atoms with Gasteiger partial charge in [0.25, 0.3) is 0 Å². The number of nitrogens with zero attached hydrogens (tertiary/aromatic N) is 1. The first-order valence-electron chi connectivity index (χ1n) is 6.71. The highest BCUT2D eigenvalue weighted by atomic mass is 35.5. The maximum Gasteiger partial charge on any atom is 0.137 e. The minimum Gasteiger partial charge on any atom is -0.492 e. The van der Waals surface area contributed by atoms with Crippen molar-refractivity contribution in [3.63, 3.8) is 0 Å². The van der Waals surface area contributed by atoms with Gasteiger partial charge >= 0.3 is 0 Å². The molecule has 1 heterocycles. The van der Waals surface area contributed by atoms with Crippen molar-refractivity contribution in [2.24, 2.45) is 0 Å². The van der Waals surface area contributed by atoms with Crippen molar-refractivity contribution in [3.05, 3.63) is 44.9 Å². The Morgan fingerprint density at radius 2 is 2.25 bits per heavy atom. The fraction of sp³-hybridized carbons (Fsp3) is 0.400. The summed E-state index contributed by atoms with van der Waals surface area (Å²) < 4.78 is 5.75. The van der Waals surface area contributed by atoms with Crippen LogP contribution in [0.5, 0.6) is 5.75 Å². The van der Waals surface area contributed by atoms with Gasteiger partial charge in [0.1, 0.15) is 5.75 Å². The minimum absolute atomic E-state index is 0.620. The molecule has 108 valence electrons. The van der Waals surface area contributed by atoms with E-state index in [0.29, 0.717) is 11.6 Å². The van der Waals surface area contributed by atoms with Crippen LogP contribution in [-0.2, 0) is 13.0 Å². The standard InChI is InChI=1S/C15H19ClN2OS/c1-3-17-9-12-4-5-14(13(16)8-12)19-7-6-15-11(2)18-10-20-15/h4-5,8,10,17H,3,6-7,9H2,1-2H3. The summed E-state index contributed by atoms with van der Waals surface area (Å²) in [5.74, 6) is 0.745. The number of hydrogen-bond donors (Lipinski definition) is 1. The van der Waals surface area contributed by atoms with Gasteiger partial charge in [-0.2, -0.15) is 0 Å². The highest BCUT2D eigenvalue weighted by Crippen LogP contribution is 2.26. The van der Waals surface area contributed by atoms with Crippen LogP contribution in [0.4, 0.5) is 0 Å². The van der Waals surface area contributed by atoms with E-state index in [9.17, 15) is 0 Å². The fourth-order valence-electron chi connectivity index (χ4n) is 1.86. The number of ether oxygens (including phenoxy) is 1. The third-order valence-electron chi connectivity index (χ3n) is 3.01. The topological polar surface area (TPSA) is 34.1 Å². The molecule has 0 unspecified atom stereocenters. The number of halogens is 1. The quantitative estimate of drug-likeness (QED) is 0.844. The van der Waals surface area contributed by atoms with Crippen LogP contribution in [0.2, 0.25) is 5.02 Å². The SMILES string of the molecule is CCNCc1ccc(OCCc2scnc2C)c(Cl)c1. The van der Waals surface area contributed by atoms with Gasteiger partial charge in [0.2, 0.25) is 0 Å². The minimum atomic E-state index is 0.620. The van der Waals surface area contributed by atoms with Crippen LogP contribution in [0.15, 0.2) is 23.7 Å². The van der Waals surface area contributed by atoms with Crippen LogP contribution in [-0.4, -0.2) is 18.1 Å². The number of nitrogens with one attached hydrogen (secondary N) is 1. The van der Waals surface area contributed by atoms with Crippen molar-refractivity contribution in [1.29, 1.82) is 0 Å². The molecule has 0 atom stereocenters. The Morgan fingerprint density at radius 3 is 2.90 bits per heavy atom.